The third kappa shape index (κ3) is 3.55. The highest BCUT2D eigenvalue weighted by Gasteiger charge is 2.19. The fourth-order valence-corrected chi connectivity index (χ4v) is 2.78. The number of hydrogen-bond acceptors (Lipinski definition) is 5. The third-order valence-electron chi connectivity index (χ3n) is 3.07. The van der Waals surface area contributed by atoms with E-state index in [4.69, 9.17) is 4.74 Å². The van der Waals surface area contributed by atoms with E-state index >= 15 is 0 Å². The predicted octanol–water partition coefficient (Wildman–Crippen LogP) is 2.77. The Morgan fingerprint density at radius 1 is 1.40 bits per heavy atom. The lowest BCUT2D eigenvalue weighted by Crippen LogP contribution is -2.36. The lowest BCUT2D eigenvalue weighted by Gasteiger charge is -2.23. The van der Waals surface area contributed by atoms with E-state index in [9.17, 15) is 5.11 Å². The van der Waals surface area contributed by atoms with Gasteiger partial charge in [0.1, 0.15) is 11.6 Å². The Labute approximate surface area is 123 Å². The molecule has 0 saturated carbocycles. The maximum Gasteiger partial charge on any atom is 0.134 e. The number of nitrogens with one attached hydrogen (secondary N) is 1. The van der Waals surface area contributed by atoms with Crippen LogP contribution in [0.4, 0.5) is 5.82 Å². The van der Waals surface area contributed by atoms with Gasteiger partial charge in [-0.2, -0.15) is 11.8 Å². The molecular weight excluding hydrogens is 272 g/mol. The Bertz CT molecular complexity index is 587. The zero-order valence-electron chi connectivity index (χ0n) is 12.0. The van der Waals surface area contributed by atoms with Gasteiger partial charge in [-0.3, -0.25) is 0 Å². The molecule has 1 heterocycles. The topological polar surface area (TPSA) is 54.4 Å². The van der Waals surface area contributed by atoms with Crippen LogP contribution in [0.1, 0.15) is 6.92 Å². The minimum atomic E-state index is -0.762. The Hall–Kier alpha value is -1.46. The number of nitrogens with zero attached hydrogens (tertiary/aromatic N) is 1. The second-order valence-corrected chi connectivity index (χ2v) is 5.90. The number of fused-ring (bicyclic) bond motifs is 1. The summed E-state index contributed by atoms with van der Waals surface area (Å²) in [5.74, 6) is 2.24. The largest absolute Gasteiger partial charge is 0.497 e. The molecule has 0 bridgehead atoms. The number of aromatic nitrogens is 1. The standard InChI is InChI=1S/C15H20N2O2S/c1-15(18,10-20-3)9-17-14-13-8-12(19-2)5-4-11(13)6-7-16-14/h4-8,18H,9-10H2,1-3H3,(H,16,17). The first-order valence-corrected chi connectivity index (χ1v) is 7.83. The number of hydrogen-bond donors (Lipinski definition) is 2. The molecule has 5 heteroatoms. The van der Waals surface area contributed by atoms with Crippen LogP contribution < -0.4 is 10.1 Å². The molecule has 0 aliphatic rings. The number of ether oxygens (including phenoxy) is 1. The van der Waals surface area contributed by atoms with Gasteiger partial charge in [-0.05, 0) is 36.8 Å². The fraction of sp³-hybridized carbons (Fsp3) is 0.400. The summed E-state index contributed by atoms with van der Waals surface area (Å²) in [4.78, 5) is 4.36. The Balaban J connectivity index is 2.25. The summed E-state index contributed by atoms with van der Waals surface area (Å²) in [6, 6.07) is 7.84. The van der Waals surface area contributed by atoms with Crippen molar-refractivity contribution in [3.8, 4) is 5.75 Å². The average Bonchev–Trinajstić information content (AvgIpc) is 2.44. The van der Waals surface area contributed by atoms with E-state index in [0.29, 0.717) is 12.3 Å². The highest BCUT2D eigenvalue weighted by Crippen LogP contribution is 2.26. The SMILES string of the molecule is COc1ccc2ccnc(NCC(C)(O)CSC)c2c1. The Morgan fingerprint density at radius 3 is 2.90 bits per heavy atom. The van der Waals surface area contributed by atoms with Crippen LogP contribution in [0.25, 0.3) is 10.8 Å². The summed E-state index contributed by atoms with van der Waals surface area (Å²) in [5.41, 5.74) is -0.762. The highest BCUT2D eigenvalue weighted by molar-refractivity contribution is 7.98. The summed E-state index contributed by atoms with van der Waals surface area (Å²) in [6.07, 6.45) is 3.75. The second-order valence-electron chi connectivity index (χ2n) is 5.03. The van der Waals surface area contributed by atoms with Crippen LogP contribution in [-0.4, -0.2) is 41.4 Å². The molecule has 1 aromatic heterocycles. The van der Waals surface area contributed by atoms with Gasteiger partial charge in [0.2, 0.25) is 0 Å². The van der Waals surface area contributed by atoms with Crippen molar-refractivity contribution in [2.45, 2.75) is 12.5 Å². The lowest BCUT2D eigenvalue weighted by atomic mass is 10.1. The van der Waals surface area contributed by atoms with Crippen LogP contribution in [0.3, 0.4) is 0 Å². The first-order valence-electron chi connectivity index (χ1n) is 6.44. The third-order valence-corrected chi connectivity index (χ3v) is 3.98. The first kappa shape index (κ1) is 14.9. The molecule has 1 unspecified atom stereocenters. The van der Waals surface area contributed by atoms with Gasteiger partial charge >= 0.3 is 0 Å². The molecule has 2 aromatic rings. The molecule has 0 aliphatic heterocycles. The maximum absolute atomic E-state index is 10.2. The van der Waals surface area contributed by atoms with Gasteiger partial charge in [-0.15, -0.1) is 0 Å². The molecule has 0 spiro atoms. The Morgan fingerprint density at radius 2 is 2.20 bits per heavy atom. The molecule has 2 N–H and O–H groups in total. The summed E-state index contributed by atoms with van der Waals surface area (Å²) in [6.45, 7) is 2.28. The number of thioether (sulfide) groups is 1. The zero-order chi connectivity index (χ0) is 14.6. The maximum atomic E-state index is 10.2. The molecule has 4 nitrogen and oxygen atoms in total. The smallest absolute Gasteiger partial charge is 0.134 e. The van der Waals surface area contributed by atoms with Crippen LogP contribution in [0.15, 0.2) is 30.5 Å². The zero-order valence-corrected chi connectivity index (χ0v) is 12.8. The van der Waals surface area contributed by atoms with Crippen LogP contribution in [-0.2, 0) is 0 Å². The van der Waals surface area contributed by atoms with Gasteiger partial charge in [0.05, 0.1) is 12.7 Å². The molecule has 108 valence electrons. The van der Waals surface area contributed by atoms with Gasteiger partial charge in [-0.25, -0.2) is 4.98 Å². The van der Waals surface area contributed by atoms with Gasteiger partial charge < -0.3 is 15.2 Å². The fourth-order valence-electron chi connectivity index (χ4n) is 2.05. The van der Waals surface area contributed by atoms with Crippen molar-refractivity contribution in [2.75, 3.05) is 31.0 Å². The van der Waals surface area contributed by atoms with Gasteiger partial charge in [0, 0.05) is 23.9 Å². The number of benzene rings is 1. The lowest BCUT2D eigenvalue weighted by molar-refractivity contribution is 0.0996. The van der Waals surface area contributed by atoms with Crippen molar-refractivity contribution < 1.29 is 9.84 Å². The van der Waals surface area contributed by atoms with E-state index in [0.717, 1.165) is 22.3 Å². The molecule has 0 aliphatic carbocycles. The molecule has 2 rings (SSSR count). The molecule has 1 aromatic carbocycles. The van der Waals surface area contributed by atoms with Crippen LogP contribution in [0.2, 0.25) is 0 Å². The molecule has 0 amide bonds. The monoisotopic (exact) mass is 292 g/mol. The van der Waals surface area contributed by atoms with E-state index in [-0.39, 0.29) is 0 Å². The summed E-state index contributed by atoms with van der Waals surface area (Å²) in [7, 11) is 1.65. The highest BCUT2D eigenvalue weighted by atomic mass is 32.2. The van der Waals surface area contributed by atoms with Gasteiger partial charge in [-0.1, -0.05) is 6.07 Å². The molecule has 0 fully saturated rings. The van der Waals surface area contributed by atoms with Crippen molar-refractivity contribution >= 4 is 28.4 Å². The van der Waals surface area contributed by atoms with E-state index in [1.165, 1.54) is 0 Å². The minimum Gasteiger partial charge on any atom is -0.497 e. The minimum absolute atomic E-state index is 0.456. The Kier molecular flexibility index (Phi) is 4.73. The number of pyridine rings is 1. The van der Waals surface area contributed by atoms with Crippen molar-refractivity contribution in [2.24, 2.45) is 0 Å². The quantitative estimate of drug-likeness (QED) is 0.857. The normalized spacial score (nSPS) is 14.0. The van der Waals surface area contributed by atoms with Crippen molar-refractivity contribution in [1.82, 2.24) is 4.98 Å². The predicted molar refractivity (Wildman–Crippen MR) is 85.8 cm³/mol. The van der Waals surface area contributed by atoms with E-state index < -0.39 is 5.60 Å². The average molecular weight is 292 g/mol. The molecule has 0 radical (unpaired) electrons. The number of rotatable bonds is 6. The molecule has 20 heavy (non-hydrogen) atoms. The van der Waals surface area contributed by atoms with Gasteiger partial charge in [0.15, 0.2) is 0 Å². The second kappa shape index (κ2) is 6.33. The van der Waals surface area contributed by atoms with Crippen molar-refractivity contribution in [3.63, 3.8) is 0 Å². The van der Waals surface area contributed by atoms with Crippen molar-refractivity contribution in [1.29, 1.82) is 0 Å². The molecule has 1 atom stereocenters. The van der Waals surface area contributed by atoms with E-state index in [1.807, 2.05) is 37.4 Å². The van der Waals surface area contributed by atoms with Crippen LogP contribution in [0, 0.1) is 0 Å². The first-order chi connectivity index (χ1) is 9.55. The summed E-state index contributed by atoms with van der Waals surface area (Å²) >= 11 is 1.62. The van der Waals surface area contributed by atoms with Crippen LogP contribution >= 0.6 is 11.8 Å². The number of anilines is 1. The van der Waals surface area contributed by atoms with Crippen LogP contribution in [0.5, 0.6) is 5.75 Å². The van der Waals surface area contributed by atoms with E-state index in [1.54, 1.807) is 25.1 Å². The molecular formula is C15H20N2O2S. The number of methoxy groups -OCH3 is 1. The molecule has 0 saturated heterocycles. The van der Waals surface area contributed by atoms with Crippen molar-refractivity contribution in [3.05, 3.63) is 30.5 Å². The van der Waals surface area contributed by atoms with E-state index in [2.05, 4.69) is 10.3 Å². The number of aliphatic hydroxyl groups is 1. The summed E-state index contributed by atoms with van der Waals surface area (Å²) in [5, 5.41) is 15.5. The van der Waals surface area contributed by atoms with Gasteiger partial charge in [0.25, 0.3) is 0 Å². The summed E-state index contributed by atoms with van der Waals surface area (Å²) < 4.78 is 5.25.